The first-order valence-corrected chi connectivity index (χ1v) is 49.5. The molecule has 8 aliphatic rings. The number of carbonyl (C=O) groups is 5. The molecule has 8 aliphatic carbocycles. The number of benzene rings is 11. The predicted octanol–water partition coefficient (Wildman–Crippen LogP) is 29.3. The Morgan fingerprint density at radius 1 is 0.243 bits per heavy atom. The molecule has 0 saturated carbocycles. The number of ether oxygens (including phenoxy) is 12. The molecule has 4 atom stereocenters. The molecule has 140 heavy (non-hydrogen) atoms. The van der Waals surface area contributed by atoms with E-state index in [1.54, 1.807) is 12.1 Å². The summed E-state index contributed by atoms with van der Waals surface area (Å²) in [5, 5.41) is 0. The highest BCUT2D eigenvalue weighted by atomic mass is 16.7. The largest absolute Gasteiger partial charge is 0.519 e. The number of aryl methyl sites for hydroxylation is 2. The quantitative estimate of drug-likeness (QED) is 0.0361. The van der Waals surface area contributed by atoms with Crippen LogP contribution in [0.3, 0.4) is 0 Å². The van der Waals surface area contributed by atoms with Gasteiger partial charge in [0.05, 0.1) is 27.9 Å². The molecule has 0 bridgehead atoms. The average molecular weight is 1890 g/mol. The molecule has 4 spiro atoms. The van der Waals surface area contributed by atoms with Gasteiger partial charge in [-0.2, -0.15) is 0 Å². The second kappa shape index (κ2) is 35.6. The lowest BCUT2D eigenvalue weighted by molar-refractivity contribution is 0.0846. The van der Waals surface area contributed by atoms with Crippen LogP contribution in [0.4, 0.5) is 24.0 Å². The zero-order valence-corrected chi connectivity index (χ0v) is 86.7. The van der Waals surface area contributed by atoms with Crippen molar-refractivity contribution < 1.29 is 80.8 Å². The van der Waals surface area contributed by atoms with Gasteiger partial charge in [-0.15, -0.1) is 0 Å². The van der Waals surface area contributed by atoms with Crippen molar-refractivity contribution in [2.24, 2.45) is 0 Å². The fourth-order valence-electron chi connectivity index (χ4n) is 26.7. The summed E-state index contributed by atoms with van der Waals surface area (Å²) in [6, 6.07) is 74.6. The van der Waals surface area contributed by atoms with E-state index in [4.69, 9.17) is 47.4 Å². The van der Waals surface area contributed by atoms with Crippen LogP contribution >= 0.6 is 0 Å². The summed E-state index contributed by atoms with van der Waals surface area (Å²) in [5.74, 6) is 4.43. The minimum Gasteiger partial charge on any atom is -0.494 e. The van der Waals surface area contributed by atoms with Crippen molar-refractivity contribution in [3.05, 3.63) is 341 Å². The molecule has 0 aromatic heterocycles. The van der Waals surface area contributed by atoms with Crippen molar-refractivity contribution in [1.82, 2.24) is 0 Å². The van der Waals surface area contributed by atoms with Gasteiger partial charge in [-0.3, -0.25) is 0 Å². The highest BCUT2D eigenvalue weighted by molar-refractivity contribution is 5.73. The summed E-state index contributed by atoms with van der Waals surface area (Å²) >= 11 is 0. The molecule has 732 valence electrons. The van der Waals surface area contributed by atoms with Gasteiger partial charge >= 0.3 is 30.8 Å². The molecule has 0 saturated heterocycles. The zero-order chi connectivity index (χ0) is 101. The monoisotopic (exact) mass is 1890 g/mol. The molecule has 11 aromatic carbocycles. The number of fused-ring (bicyclic) bond motifs is 16. The maximum atomic E-state index is 13.2. The van der Waals surface area contributed by atoms with Crippen LogP contribution in [0.2, 0.25) is 0 Å². The SMILES string of the molecule is CCCOc1ccc2c(c1)C1(CC2(C)C)CC(C)(C)c2ccc(OCCOC(=O)Oc3ccc4c(c3)C3(CC(C)(C)c5ccc(OC(=O)OC)cc53)CC4(C)C)cc21.COC(=O)Oc1ccc(C(C)(C)c2cccc(C(C)(C)c3ccc(OC(=O)Oc4ccc5c(c4)C4(CC(C)(C)c6ccc(C)cc64)CC5(C)C)cc3)c2)cc1.COC(=O)Oc1ccc2c(c1)C1(CC(C)(C)c3ccc(C)cc31)CC2(C)C. The second-order valence-electron chi connectivity index (χ2n) is 47.1. The van der Waals surface area contributed by atoms with Crippen molar-refractivity contribution in [3.8, 4) is 46.0 Å². The van der Waals surface area contributed by atoms with E-state index in [1.807, 2.05) is 78.9 Å². The Kier molecular flexibility index (Phi) is 25.1. The minimum absolute atomic E-state index is 0.00906. The Morgan fingerprint density at radius 2 is 0.471 bits per heavy atom. The number of hydrogen-bond acceptors (Lipinski definition) is 17. The van der Waals surface area contributed by atoms with Crippen LogP contribution in [0.25, 0.3) is 0 Å². The number of rotatable bonds is 17. The van der Waals surface area contributed by atoms with E-state index < -0.39 is 30.8 Å². The van der Waals surface area contributed by atoms with Crippen LogP contribution in [0.1, 0.15) is 326 Å². The molecule has 0 amide bonds. The Balaban J connectivity index is 0.000000154. The molecule has 0 heterocycles. The summed E-state index contributed by atoms with van der Waals surface area (Å²) in [7, 11) is 3.92. The Hall–Kier alpha value is -12.6. The zero-order valence-electron chi connectivity index (χ0n) is 86.7. The van der Waals surface area contributed by atoms with Crippen molar-refractivity contribution >= 4 is 30.8 Å². The number of hydrogen-bond donors (Lipinski definition) is 0. The highest BCUT2D eigenvalue weighted by Gasteiger charge is 2.61. The van der Waals surface area contributed by atoms with Gasteiger partial charge in [-0.05, 0) is 323 Å². The fourth-order valence-corrected chi connectivity index (χ4v) is 26.7. The van der Waals surface area contributed by atoms with Crippen molar-refractivity contribution in [2.75, 3.05) is 41.2 Å². The van der Waals surface area contributed by atoms with E-state index in [0.29, 0.717) is 41.1 Å². The Labute approximate surface area is 827 Å². The van der Waals surface area contributed by atoms with Gasteiger partial charge in [0, 0.05) is 32.5 Å². The van der Waals surface area contributed by atoms with Gasteiger partial charge < -0.3 is 56.8 Å². The van der Waals surface area contributed by atoms with E-state index >= 15 is 0 Å². The maximum Gasteiger partial charge on any atom is 0.519 e. The molecule has 19 rings (SSSR count). The molecular formula is C123H138O17. The molecule has 0 aliphatic heterocycles. The van der Waals surface area contributed by atoms with Crippen LogP contribution in [-0.2, 0) is 94.8 Å². The van der Waals surface area contributed by atoms with Crippen LogP contribution in [-0.4, -0.2) is 71.9 Å². The van der Waals surface area contributed by atoms with Gasteiger partial charge in [0.15, 0.2) is 0 Å². The molecule has 0 fully saturated rings. The second-order valence-corrected chi connectivity index (χ2v) is 47.1. The maximum absolute atomic E-state index is 13.2. The van der Waals surface area contributed by atoms with E-state index in [9.17, 15) is 24.0 Å². The average Bonchev–Trinajstić information content (AvgIpc) is 1.54. The Morgan fingerprint density at radius 3 is 0.757 bits per heavy atom. The molecule has 4 unspecified atom stereocenters. The summed E-state index contributed by atoms with van der Waals surface area (Å²) < 4.78 is 65.4. The van der Waals surface area contributed by atoms with Crippen LogP contribution in [0, 0.1) is 13.8 Å². The normalized spacial score (nSPS) is 21.2. The third kappa shape index (κ3) is 17.8. The summed E-state index contributed by atoms with van der Waals surface area (Å²) in [4.78, 5) is 61.5. The third-order valence-corrected chi connectivity index (χ3v) is 32.4. The van der Waals surface area contributed by atoms with Gasteiger partial charge in [0.25, 0.3) is 0 Å². The van der Waals surface area contributed by atoms with Crippen LogP contribution < -0.4 is 37.9 Å². The van der Waals surface area contributed by atoms with Crippen molar-refractivity contribution in [1.29, 1.82) is 0 Å². The molecule has 17 nitrogen and oxygen atoms in total. The molecule has 0 radical (unpaired) electrons. The van der Waals surface area contributed by atoms with Gasteiger partial charge in [0.2, 0.25) is 0 Å². The third-order valence-electron chi connectivity index (χ3n) is 32.4. The van der Waals surface area contributed by atoms with Crippen molar-refractivity contribution in [3.63, 3.8) is 0 Å². The summed E-state index contributed by atoms with van der Waals surface area (Å²) in [6.07, 6.45) is 5.14. The minimum atomic E-state index is -0.781. The molecule has 17 heteroatoms. The Bertz CT molecular complexity index is 6710. The first-order valence-electron chi connectivity index (χ1n) is 49.5. The standard InChI is InChI=1S/C50H58O8.C49H52O6.C24H28O3/c1-11-20-54-31-12-16-35-39(23-31)49(27-45(35,2)3)28-46(4,5)36-17-13-32(24-40(36)49)55-21-22-56-44(52)58-34-15-19-38-42(26-34)50(30-48(38,8)9)29-47(6,7)37-18-14-33(25-41(37)50)57-43(51)53-10;1-31-14-24-39-41(26-31)49(29-45(39,2)3)30-46(4,5)40-25-23-38(28-42(40)49)55-44(51)54-37-21-17-33(18-22-37)48(8,9)35-13-11-12-34(27-35)47(6,7)32-15-19-36(20-16-32)53-43(50)52-10;1-15-7-9-17-19(11-15)24(13-22(17,2)3)14-23(4,5)18-10-8-16(12-20(18)24)27-21(25)26-6/h12-19,23-26H,11,20-22,27-30H2,1-10H3;11-28H,29-30H2,1-10H3;7-12H,13-14H2,1-6H3. The molecule has 11 aromatic rings. The predicted molar refractivity (Wildman–Crippen MR) is 548 cm³/mol. The van der Waals surface area contributed by atoms with E-state index in [2.05, 4.69) is 296 Å². The highest BCUT2D eigenvalue weighted by Crippen LogP contribution is 2.69. The lowest BCUT2D eigenvalue weighted by Crippen LogP contribution is -2.27. The topological polar surface area (TPSA) is 196 Å². The smallest absolute Gasteiger partial charge is 0.494 e. The number of methoxy groups -OCH3 is 3. The summed E-state index contributed by atoms with van der Waals surface area (Å²) in [5.41, 5.74) is 26.6. The van der Waals surface area contributed by atoms with Gasteiger partial charge in [0.1, 0.15) is 59.2 Å². The van der Waals surface area contributed by atoms with E-state index in [0.717, 1.165) is 103 Å². The van der Waals surface area contributed by atoms with E-state index in [1.165, 1.54) is 110 Å². The van der Waals surface area contributed by atoms with Crippen LogP contribution in [0.5, 0.6) is 46.0 Å². The lowest BCUT2D eigenvalue weighted by Gasteiger charge is -2.31. The fraction of sp³-hybridized carbons (Fsp3) is 0.423. The number of carbonyl (C=O) groups excluding carboxylic acids is 5. The first-order chi connectivity index (χ1) is 65.8. The lowest BCUT2D eigenvalue weighted by atomic mass is 9.72. The molecule has 0 N–H and O–H groups in total. The summed E-state index contributed by atoms with van der Waals surface area (Å²) in [6.45, 7) is 53.2. The first kappa shape index (κ1) is 99.0. The van der Waals surface area contributed by atoms with Gasteiger partial charge in [-0.25, -0.2) is 24.0 Å². The molecular weight excluding hydrogens is 1750 g/mol. The van der Waals surface area contributed by atoms with Crippen molar-refractivity contribution in [2.45, 2.75) is 293 Å². The van der Waals surface area contributed by atoms with Gasteiger partial charge in [-0.1, -0.05) is 278 Å². The van der Waals surface area contributed by atoms with E-state index in [-0.39, 0.29) is 89.0 Å². The van der Waals surface area contributed by atoms with Crippen LogP contribution in [0.15, 0.2) is 218 Å².